The lowest BCUT2D eigenvalue weighted by atomic mass is 9.78. The zero-order valence-electron chi connectivity index (χ0n) is 10.3. The van der Waals surface area contributed by atoms with Gasteiger partial charge in [-0.2, -0.15) is 4.98 Å². The van der Waals surface area contributed by atoms with Crippen molar-refractivity contribution >= 4 is 5.91 Å². The number of amides is 1. The first-order valence-corrected chi connectivity index (χ1v) is 6.63. The standard InChI is InChI=1S/C12H18N4O2/c13-10(17)11-15-12(18-16-11)9-6-5-7-3-1-2-4-8(7)14-9/h7-9,14H,1-6H2,(H2,13,17). The minimum atomic E-state index is -0.642. The lowest BCUT2D eigenvalue weighted by molar-refractivity contribution is 0.0987. The molecule has 1 aromatic rings. The Labute approximate surface area is 105 Å². The Hall–Kier alpha value is -1.43. The number of hydrogen-bond acceptors (Lipinski definition) is 5. The number of carbonyl (C=O) groups excluding carboxylic acids is 1. The molecule has 1 amide bonds. The minimum absolute atomic E-state index is 0.0300. The summed E-state index contributed by atoms with van der Waals surface area (Å²) in [5.41, 5.74) is 5.12. The highest BCUT2D eigenvalue weighted by Gasteiger charge is 2.34. The molecule has 1 saturated heterocycles. The van der Waals surface area contributed by atoms with Crippen LogP contribution in [0.4, 0.5) is 0 Å². The van der Waals surface area contributed by atoms with Crippen LogP contribution in [-0.4, -0.2) is 22.1 Å². The molecule has 98 valence electrons. The van der Waals surface area contributed by atoms with Gasteiger partial charge in [0.15, 0.2) is 0 Å². The van der Waals surface area contributed by atoms with Crippen LogP contribution in [0.1, 0.15) is 61.1 Å². The van der Waals surface area contributed by atoms with Gasteiger partial charge in [0.05, 0.1) is 6.04 Å². The van der Waals surface area contributed by atoms with E-state index in [4.69, 9.17) is 10.3 Å². The van der Waals surface area contributed by atoms with E-state index < -0.39 is 5.91 Å². The molecule has 0 aromatic carbocycles. The maximum Gasteiger partial charge on any atom is 0.290 e. The average Bonchev–Trinajstić information content (AvgIpc) is 2.88. The maximum atomic E-state index is 10.9. The fourth-order valence-corrected chi connectivity index (χ4v) is 3.17. The summed E-state index contributed by atoms with van der Waals surface area (Å²) in [6.45, 7) is 0. The van der Waals surface area contributed by atoms with Gasteiger partial charge in [-0.25, -0.2) is 0 Å². The molecule has 6 nitrogen and oxygen atoms in total. The molecular weight excluding hydrogens is 232 g/mol. The Morgan fingerprint density at radius 2 is 2.11 bits per heavy atom. The van der Waals surface area contributed by atoms with Gasteiger partial charge in [-0.15, -0.1) is 0 Å². The van der Waals surface area contributed by atoms with E-state index in [1.807, 2.05) is 0 Å². The van der Waals surface area contributed by atoms with Crippen molar-refractivity contribution in [3.05, 3.63) is 11.7 Å². The molecule has 1 aliphatic heterocycles. The third-order valence-corrected chi connectivity index (χ3v) is 4.11. The van der Waals surface area contributed by atoms with E-state index >= 15 is 0 Å². The summed E-state index contributed by atoms with van der Waals surface area (Å²) in [5.74, 6) is 0.607. The van der Waals surface area contributed by atoms with Gasteiger partial charge in [0.2, 0.25) is 5.89 Å². The number of fused-ring (bicyclic) bond motifs is 1. The van der Waals surface area contributed by atoms with Gasteiger partial charge >= 0.3 is 0 Å². The fourth-order valence-electron chi connectivity index (χ4n) is 3.17. The van der Waals surface area contributed by atoms with Gasteiger partial charge in [0, 0.05) is 6.04 Å². The second-order valence-corrected chi connectivity index (χ2v) is 5.27. The molecular formula is C12H18N4O2. The number of rotatable bonds is 2. The van der Waals surface area contributed by atoms with Crippen molar-refractivity contribution in [2.75, 3.05) is 0 Å². The summed E-state index contributed by atoms with van der Waals surface area (Å²) in [6, 6.07) is 0.631. The van der Waals surface area contributed by atoms with Crippen LogP contribution in [0.5, 0.6) is 0 Å². The van der Waals surface area contributed by atoms with Gasteiger partial charge in [-0.3, -0.25) is 4.79 Å². The SMILES string of the molecule is NC(=O)c1noc(C2CCC3CCCCC3N2)n1. The van der Waals surface area contributed by atoms with Crippen LogP contribution in [0.25, 0.3) is 0 Å². The third-order valence-electron chi connectivity index (χ3n) is 4.11. The number of aromatic nitrogens is 2. The Balaban J connectivity index is 1.71. The first-order valence-electron chi connectivity index (χ1n) is 6.63. The minimum Gasteiger partial charge on any atom is -0.363 e. The number of piperidine rings is 1. The van der Waals surface area contributed by atoms with E-state index in [0.717, 1.165) is 12.3 Å². The number of nitrogens with zero attached hydrogens (tertiary/aromatic N) is 2. The zero-order chi connectivity index (χ0) is 12.5. The predicted molar refractivity (Wildman–Crippen MR) is 63.7 cm³/mol. The van der Waals surface area contributed by atoms with Crippen LogP contribution in [0.2, 0.25) is 0 Å². The van der Waals surface area contributed by atoms with Crippen LogP contribution in [0.3, 0.4) is 0 Å². The Bertz CT molecular complexity index is 445. The normalized spacial score (nSPS) is 31.9. The highest BCUT2D eigenvalue weighted by atomic mass is 16.5. The second-order valence-electron chi connectivity index (χ2n) is 5.27. The molecule has 18 heavy (non-hydrogen) atoms. The van der Waals surface area contributed by atoms with E-state index in [9.17, 15) is 4.79 Å². The fraction of sp³-hybridized carbons (Fsp3) is 0.750. The van der Waals surface area contributed by atoms with Crippen molar-refractivity contribution < 1.29 is 9.32 Å². The summed E-state index contributed by atoms with van der Waals surface area (Å²) < 4.78 is 5.12. The Morgan fingerprint density at radius 3 is 2.89 bits per heavy atom. The van der Waals surface area contributed by atoms with Crippen molar-refractivity contribution in [2.24, 2.45) is 11.7 Å². The number of nitrogens with one attached hydrogen (secondary N) is 1. The molecule has 3 unspecified atom stereocenters. The van der Waals surface area contributed by atoms with Gasteiger partial charge < -0.3 is 15.6 Å². The molecule has 3 rings (SSSR count). The van der Waals surface area contributed by atoms with Crippen molar-refractivity contribution in [1.82, 2.24) is 15.5 Å². The topological polar surface area (TPSA) is 94.0 Å². The monoisotopic (exact) mass is 250 g/mol. The third kappa shape index (κ3) is 2.12. The molecule has 2 fully saturated rings. The molecule has 0 radical (unpaired) electrons. The van der Waals surface area contributed by atoms with Crippen molar-refractivity contribution in [3.8, 4) is 0 Å². The zero-order valence-corrected chi connectivity index (χ0v) is 10.3. The highest BCUT2D eigenvalue weighted by molar-refractivity contribution is 5.88. The van der Waals surface area contributed by atoms with Crippen LogP contribution in [0, 0.1) is 5.92 Å². The van der Waals surface area contributed by atoms with Gasteiger partial charge in [0.25, 0.3) is 11.7 Å². The van der Waals surface area contributed by atoms with E-state index in [1.54, 1.807) is 0 Å². The Morgan fingerprint density at radius 1 is 1.28 bits per heavy atom. The summed E-state index contributed by atoms with van der Waals surface area (Å²) in [7, 11) is 0. The van der Waals surface area contributed by atoms with Crippen LogP contribution < -0.4 is 11.1 Å². The highest BCUT2D eigenvalue weighted by Crippen LogP contribution is 2.36. The largest absolute Gasteiger partial charge is 0.363 e. The number of hydrogen-bond donors (Lipinski definition) is 2. The molecule has 0 bridgehead atoms. The predicted octanol–water partition coefficient (Wildman–Crippen LogP) is 1.15. The molecule has 1 saturated carbocycles. The van der Waals surface area contributed by atoms with Crippen molar-refractivity contribution in [3.63, 3.8) is 0 Å². The number of carbonyl (C=O) groups is 1. The smallest absolute Gasteiger partial charge is 0.290 e. The van der Waals surface area contributed by atoms with E-state index in [-0.39, 0.29) is 11.9 Å². The van der Waals surface area contributed by atoms with Gasteiger partial charge in [-0.1, -0.05) is 18.0 Å². The maximum absolute atomic E-state index is 10.9. The molecule has 1 aromatic heterocycles. The molecule has 3 atom stereocenters. The molecule has 6 heteroatoms. The molecule has 2 heterocycles. The van der Waals surface area contributed by atoms with Crippen LogP contribution in [0.15, 0.2) is 4.52 Å². The summed E-state index contributed by atoms with van der Waals surface area (Å²) in [4.78, 5) is 15.0. The van der Waals surface area contributed by atoms with E-state index in [0.29, 0.717) is 11.9 Å². The second kappa shape index (κ2) is 4.68. The quantitative estimate of drug-likeness (QED) is 0.821. The van der Waals surface area contributed by atoms with Crippen molar-refractivity contribution in [1.29, 1.82) is 0 Å². The first kappa shape index (κ1) is 11.6. The number of primary amides is 1. The first-order chi connectivity index (χ1) is 8.74. The molecule has 3 N–H and O–H groups in total. The summed E-state index contributed by atoms with van der Waals surface area (Å²) in [6.07, 6.45) is 7.36. The average molecular weight is 250 g/mol. The summed E-state index contributed by atoms with van der Waals surface area (Å²) in [5, 5.41) is 7.17. The molecule has 1 aliphatic carbocycles. The van der Waals surface area contributed by atoms with E-state index in [1.165, 1.54) is 32.1 Å². The lowest BCUT2D eigenvalue weighted by Gasteiger charge is -2.39. The van der Waals surface area contributed by atoms with Gasteiger partial charge in [0.1, 0.15) is 0 Å². The van der Waals surface area contributed by atoms with Crippen LogP contribution in [-0.2, 0) is 0 Å². The molecule has 0 spiro atoms. The lowest BCUT2D eigenvalue weighted by Crippen LogP contribution is -2.44. The van der Waals surface area contributed by atoms with Crippen molar-refractivity contribution in [2.45, 2.75) is 50.6 Å². The molecule has 2 aliphatic rings. The van der Waals surface area contributed by atoms with E-state index in [2.05, 4.69) is 15.5 Å². The van der Waals surface area contributed by atoms with Crippen LogP contribution >= 0.6 is 0 Å². The number of nitrogens with two attached hydrogens (primary N) is 1. The summed E-state index contributed by atoms with van der Waals surface area (Å²) >= 11 is 0. The van der Waals surface area contributed by atoms with Gasteiger partial charge in [-0.05, 0) is 31.6 Å². The Kier molecular flexibility index (Phi) is 3.03.